The largest absolute Gasteiger partial charge is 0.494 e. The summed E-state index contributed by atoms with van der Waals surface area (Å²) in [5.41, 5.74) is 3.87. The van der Waals surface area contributed by atoms with Crippen LogP contribution in [0.25, 0.3) is 10.6 Å². The molecule has 1 aromatic carbocycles. The van der Waals surface area contributed by atoms with Crippen LogP contribution in [0.15, 0.2) is 41.9 Å². The van der Waals surface area contributed by atoms with Gasteiger partial charge in [0, 0.05) is 23.4 Å². The number of hydrogen-bond acceptors (Lipinski definition) is 5. The van der Waals surface area contributed by atoms with Crippen LogP contribution in [-0.4, -0.2) is 21.9 Å². The monoisotopic (exact) mass is 329 g/mol. The van der Waals surface area contributed by atoms with Crippen molar-refractivity contribution in [1.29, 1.82) is 0 Å². The first-order valence-electron chi connectivity index (χ1n) is 7.48. The molecule has 0 amide bonds. The van der Waals surface area contributed by atoms with E-state index in [1.165, 1.54) is 4.88 Å². The molecule has 0 bridgehead atoms. The van der Waals surface area contributed by atoms with Gasteiger partial charge in [0.2, 0.25) is 0 Å². The van der Waals surface area contributed by atoms with Crippen LogP contribution in [0.2, 0.25) is 0 Å². The topological polar surface area (TPSA) is 70.2 Å². The fraction of sp³-hybridized carbons (Fsp3) is 0.235. The minimum atomic E-state index is -0.0446. The SMILES string of the molecule is CCOc1ccc(NCc2cn[nH]c2-c2cccs2)cc1CO. The van der Waals surface area contributed by atoms with Crippen molar-refractivity contribution in [2.24, 2.45) is 0 Å². The number of nitrogens with one attached hydrogen (secondary N) is 2. The molecule has 0 aliphatic rings. The van der Waals surface area contributed by atoms with Gasteiger partial charge in [-0.15, -0.1) is 11.3 Å². The Morgan fingerprint density at radius 2 is 2.22 bits per heavy atom. The van der Waals surface area contributed by atoms with Crippen molar-refractivity contribution in [2.75, 3.05) is 11.9 Å². The number of aromatic amines is 1. The van der Waals surface area contributed by atoms with Gasteiger partial charge in [-0.05, 0) is 36.6 Å². The van der Waals surface area contributed by atoms with Gasteiger partial charge in [0.1, 0.15) is 5.75 Å². The van der Waals surface area contributed by atoms with Crippen molar-refractivity contribution in [1.82, 2.24) is 10.2 Å². The number of nitrogens with zero attached hydrogens (tertiary/aromatic N) is 1. The van der Waals surface area contributed by atoms with E-state index in [-0.39, 0.29) is 6.61 Å². The van der Waals surface area contributed by atoms with E-state index in [0.717, 1.165) is 28.3 Å². The van der Waals surface area contributed by atoms with Gasteiger partial charge in [-0.25, -0.2) is 0 Å². The van der Waals surface area contributed by atoms with E-state index in [1.807, 2.05) is 42.8 Å². The Labute approximate surface area is 139 Å². The van der Waals surface area contributed by atoms with Crippen LogP contribution in [-0.2, 0) is 13.2 Å². The van der Waals surface area contributed by atoms with Crippen molar-refractivity contribution in [3.8, 4) is 16.3 Å². The molecule has 2 aromatic heterocycles. The van der Waals surface area contributed by atoms with Crippen LogP contribution in [0, 0.1) is 0 Å². The van der Waals surface area contributed by atoms with E-state index < -0.39 is 0 Å². The molecular formula is C17H19N3O2S. The molecule has 0 saturated heterocycles. The Morgan fingerprint density at radius 1 is 1.30 bits per heavy atom. The maximum atomic E-state index is 9.47. The summed E-state index contributed by atoms with van der Waals surface area (Å²) in [5, 5.41) is 22.1. The molecule has 6 heteroatoms. The van der Waals surface area contributed by atoms with Crippen LogP contribution >= 0.6 is 11.3 Å². The molecular weight excluding hydrogens is 310 g/mol. The molecule has 0 fully saturated rings. The van der Waals surface area contributed by atoms with Crippen molar-refractivity contribution < 1.29 is 9.84 Å². The standard InChI is InChI=1S/C17H19N3O2S/c1-2-22-15-6-5-14(8-12(15)11-21)18-9-13-10-19-20-17(13)16-4-3-7-23-16/h3-8,10,18,21H,2,9,11H2,1H3,(H,19,20). The summed E-state index contributed by atoms with van der Waals surface area (Å²) < 4.78 is 5.50. The summed E-state index contributed by atoms with van der Waals surface area (Å²) in [6.45, 7) is 3.12. The quantitative estimate of drug-likeness (QED) is 0.619. The summed E-state index contributed by atoms with van der Waals surface area (Å²) in [4.78, 5) is 1.17. The van der Waals surface area contributed by atoms with Gasteiger partial charge in [-0.1, -0.05) is 6.07 Å². The normalized spacial score (nSPS) is 10.7. The third kappa shape index (κ3) is 3.55. The average molecular weight is 329 g/mol. The molecule has 0 aliphatic carbocycles. The predicted molar refractivity (Wildman–Crippen MR) is 92.8 cm³/mol. The highest BCUT2D eigenvalue weighted by Gasteiger charge is 2.09. The van der Waals surface area contributed by atoms with Gasteiger partial charge in [0.05, 0.1) is 30.0 Å². The number of anilines is 1. The lowest BCUT2D eigenvalue weighted by Crippen LogP contribution is -2.02. The number of benzene rings is 1. The van der Waals surface area contributed by atoms with Crippen molar-refractivity contribution in [3.63, 3.8) is 0 Å². The molecule has 0 radical (unpaired) electrons. The molecule has 2 heterocycles. The van der Waals surface area contributed by atoms with E-state index in [4.69, 9.17) is 4.74 Å². The maximum Gasteiger partial charge on any atom is 0.124 e. The molecule has 3 aromatic rings. The Balaban J connectivity index is 1.73. The van der Waals surface area contributed by atoms with Crippen LogP contribution in [0.1, 0.15) is 18.1 Å². The third-order valence-corrected chi connectivity index (χ3v) is 4.39. The highest BCUT2D eigenvalue weighted by atomic mass is 32.1. The number of rotatable bonds is 7. The number of hydrogen-bond donors (Lipinski definition) is 3. The Morgan fingerprint density at radius 3 is 2.96 bits per heavy atom. The van der Waals surface area contributed by atoms with E-state index in [9.17, 15) is 5.11 Å². The molecule has 0 spiro atoms. The first-order valence-corrected chi connectivity index (χ1v) is 8.36. The van der Waals surface area contributed by atoms with Gasteiger partial charge < -0.3 is 15.2 Å². The smallest absolute Gasteiger partial charge is 0.124 e. The lowest BCUT2D eigenvalue weighted by atomic mass is 10.1. The molecule has 5 nitrogen and oxygen atoms in total. The van der Waals surface area contributed by atoms with Gasteiger partial charge >= 0.3 is 0 Å². The summed E-state index contributed by atoms with van der Waals surface area (Å²) >= 11 is 1.68. The van der Waals surface area contributed by atoms with Crippen LogP contribution in [0.5, 0.6) is 5.75 Å². The first kappa shape index (κ1) is 15.6. The fourth-order valence-corrected chi connectivity index (χ4v) is 3.14. The number of H-pyrrole nitrogens is 1. The molecule has 23 heavy (non-hydrogen) atoms. The van der Waals surface area contributed by atoms with E-state index >= 15 is 0 Å². The molecule has 3 N–H and O–H groups in total. The molecule has 0 atom stereocenters. The number of aliphatic hydroxyl groups excluding tert-OH is 1. The zero-order valence-corrected chi connectivity index (χ0v) is 13.7. The van der Waals surface area contributed by atoms with Crippen molar-refractivity contribution >= 4 is 17.0 Å². The Hall–Kier alpha value is -2.31. The predicted octanol–water partition coefficient (Wildman–Crippen LogP) is 3.64. The lowest BCUT2D eigenvalue weighted by molar-refractivity contribution is 0.267. The summed E-state index contributed by atoms with van der Waals surface area (Å²) in [6, 6.07) is 9.85. The van der Waals surface area contributed by atoms with Gasteiger partial charge in [0.15, 0.2) is 0 Å². The number of thiophene rings is 1. The second-order valence-corrected chi connectivity index (χ2v) is 5.96. The Bertz CT molecular complexity index is 753. The van der Waals surface area contributed by atoms with E-state index in [2.05, 4.69) is 21.6 Å². The average Bonchev–Trinajstić information content (AvgIpc) is 3.25. The van der Waals surface area contributed by atoms with E-state index in [1.54, 1.807) is 11.3 Å². The minimum absolute atomic E-state index is 0.0446. The second kappa shape index (κ2) is 7.30. The number of aliphatic hydroxyl groups is 1. The molecule has 0 unspecified atom stereocenters. The molecule has 0 aliphatic heterocycles. The first-order chi connectivity index (χ1) is 11.3. The third-order valence-electron chi connectivity index (χ3n) is 3.50. The van der Waals surface area contributed by atoms with Crippen molar-refractivity contribution in [2.45, 2.75) is 20.1 Å². The summed E-state index contributed by atoms with van der Waals surface area (Å²) in [7, 11) is 0. The van der Waals surface area contributed by atoms with Crippen LogP contribution < -0.4 is 10.1 Å². The van der Waals surface area contributed by atoms with Crippen molar-refractivity contribution in [3.05, 3.63) is 53.0 Å². The number of ether oxygens (including phenoxy) is 1. The van der Waals surface area contributed by atoms with Gasteiger partial charge in [0.25, 0.3) is 0 Å². The zero-order chi connectivity index (χ0) is 16.1. The van der Waals surface area contributed by atoms with Gasteiger partial charge in [-0.2, -0.15) is 5.10 Å². The molecule has 120 valence electrons. The van der Waals surface area contributed by atoms with Crippen LogP contribution in [0.4, 0.5) is 5.69 Å². The molecule has 3 rings (SSSR count). The van der Waals surface area contributed by atoms with E-state index in [0.29, 0.717) is 13.2 Å². The van der Waals surface area contributed by atoms with Crippen LogP contribution in [0.3, 0.4) is 0 Å². The zero-order valence-electron chi connectivity index (χ0n) is 12.9. The molecule has 0 saturated carbocycles. The summed E-state index contributed by atoms with van der Waals surface area (Å²) in [5.74, 6) is 0.725. The second-order valence-electron chi connectivity index (χ2n) is 5.01. The Kier molecular flexibility index (Phi) is 4.95. The highest BCUT2D eigenvalue weighted by Crippen LogP contribution is 2.27. The number of aromatic nitrogens is 2. The summed E-state index contributed by atoms with van der Waals surface area (Å²) in [6.07, 6.45) is 1.84. The highest BCUT2D eigenvalue weighted by molar-refractivity contribution is 7.13. The minimum Gasteiger partial charge on any atom is -0.494 e. The fourth-order valence-electron chi connectivity index (χ4n) is 2.39. The maximum absolute atomic E-state index is 9.47. The lowest BCUT2D eigenvalue weighted by Gasteiger charge is -2.12. The van der Waals surface area contributed by atoms with Gasteiger partial charge in [-0.3, -0.25) is 5.10 Å².